The van der Waals surface area contributed by atoms with Gasteiger partial charge in [-0.05, 0) is 25.3 Å². The molecule has 1 heterocycles. The number of fused-ring (bicyclic) bond motifs is 1. The molecule has 0 aromatic heterocycles. The Balaban J connectivity index is 1.82. The molecule has 0 radical (unpaired) electrons. The number of carbonyl (C=O) groups is 2. The van der Waals surface area contributed by atoms with E-state index in [9.17, 15) is 9.59 Å². The van der Waals surface area contributed by atoms with Gasteiger partial charge in [-0.3, -0.25) is 14.5 Å². The van der Waals surface area contributed by atoms with Crippen molar-refractivity contribution in [2.75, 3.05) is 0 Å². The normalized spacial score (nSPS) is 25.8. The van der Waals surface area contributed by atoms with Crippen molar-refractivity contribution in [2.45, 2.75) is 26.3 Å². The van der Waals surface area contributed by atoms with Gasteiger partial charge < -0.3 is 0 Å². The molecule has 0 N–H and O–H groups in total. The number of hydrogen-bond donors (Lipinski definition) is 0. The molecule has 3 heteroatoms. The van der Waals surface area contributed by atoms with Crippen LogP contribution in [0.25, 0.3) is 0 Å². The zero-order chi connectivity index (χ0) is 13.4. The first-order chi connectivity index (χ1) is 9.16. The van der Waals surface area contributed by atoms with E-state index in [4.69, 9.17) is 0 Å². The van der Waals surface area contributed by atoms with E-state index in [0.717, 1.165) is 11.1 Å². The van der Waals surface area contributed by atoms with Crippen LogP contribution >= 0.6 is 0 Å². The van der Waals surface area contributed by atoms with Crippen LogP contribution in [-0.2, 0) is 16.1 Å². The molecule has 1 fully saturated rings. The quantitative estimate of drug-likeness (QED) is 0.601. The van der Waals surface area contributed by atoms with Crippen molar-refractivity contribution in [2.24, 2.45) is 11.8 Å². The minimum absolute atomic E-state index is 0.000793. The maximum absolute atomic E-state index is 12.3. The molecule has 1 aliphatic heterocycles. The maximum atomic E-state index is 12.3. The minimum Gasteiger partial charge on any atom is -0.278 e. The number of hydrogen-bond acceptors (Lipinski definition) is 2. The second kappa shape index (κ2) is 4.65. The monoisotopic (exact) mass is 255 g/mol. The topological polar surface area (TPSA) is 37.4 Å². The zero-order valence-corrected chi connectivity index (χ0v) is 11.0. The van der Waals surface area contributed by atoms with E-state index >= 15 is 0 Å². The van der Waals surface area contributed by atoms with Crippen molar-refractivity contribution in [1.29, 1.82) is 0 Å². The Bertz CT molecular complexity index is 536. The average Bonchev–Trinajstić information content (AvgIpc) is 2.65. The van der Waals surface area contributed by atoms with E-state index in [2.05, 4.69) is 0 Å². The molecule has 0 bridgehead atoms. The van der Waals surface area contributed by atoms with Crippen LogP contribution in [0.3, 0.4) is 0 Å². The molecule has 0 spiro atoms. The van der Waals surface area contributed by atoms with Crippen LogP contribution in [0.5, 0.6) is 0 Å². The van der Waals surface area contributed by atoms with Crippen molar-refractivity contribution in [3.05, 3.63) is 47.5 Å². The summed E-state index contributed by atoms with van der Waals surface area (Å²) in [6.07, 6.45) is 5.45. The second-order valence-electron chi connectivity index (χ2n) is 5.41. The van der Waals surface area contributed by atoms with Crippen LogP contribution in [0.2, 0.25) is 0 Å². The third-order valence-corrected chi connectivity index (χ3v) is 4.02. The summed E-state index contributed by atoms with van der Waals surface area (Å²) in [5, 5.41) is 0. The maximum Gasteiger partial charge on any atom is 0.233 e. The fraction of sp³-hybridized carbons (Fsp3) is 0.375. The zero-order valence-electron chi connectivity index (χ0n) is 11.0. The van der Waals surface area contributed by atoms with Crippen LogP contribution in [0.1, 0.15) is 24.0 Å². The summed E-state index contributed by atoms with van der Waals surface area (Å²) in [5.41, 5.74) is 2.17. The predicted molar refractivity (Wildman–Crippen MR) is 72.1 cm³/mol. The minimum atomic E-state index is -0.123. The molecule has 2 aliphatic rings. The predicted octanol–water partition coefficient (Wildman–Crippen LogP) is 2.45. The van der Waals surface area contributed by atoms with Crippen LogP contribution in [0.4, 0.5) is 0 Å². The Labute approximate surface area is 112 Å². The third kappa shape index (κ3) is 2.09. The van der Waals surface area contributed by atoms with Crippen LogP contribution < -0.4 is 0 Å². The summed E-state index contributed by atoms with van der Waals surface area (Å²) in [6.45, 7) is 2.42. The lowest BCUT2D eigenvalue weighted by Gasteiger charge is -2.15. The molecule has 1 saturated heterocycles. The Kier molecular flexibility index (Phi) is 2.97. The number of amides is 2. The van der Waals surface area contributed by atoms with Gasteiger partial charge in [0.1, 0.15) is 0 Å². The number of likely N-dealkylation sites (tertiary alicyclic amines) is 1. The lowest BCUT2D eigenvalue weighted by Crippen LogP contribution is -2.30. The lowest BCUT2D eigenvalue weighted by molar-refractivity contribution is -0.140. The molecular weight excluding hydrogens is 238 g/mol. The lowest BCUT2D eigenvalue weighted by atomic mass is 9.85. The highest BCUT2D eigenvalue weighted by molar-refractivity contribution is 6.05. The van der Waals surface area contributed by atoms with Gasteiger partial charge in [-0.15, -0.1) is 0 Å². The number of aryl methyl sites for hydroxylation is 1. The second-order valence-corrected chi connectivity index (χ2v) is 5.41. The highest BCUT2D eigenvalue weighted by Gasteiger charge is 2.46. The molecule has 19 heavy (non-hydrogen) atoms. The van der Waals surface area contributed by atoms with E-state index in [1.54, 1.807) is 0 Å². The van der Waals surface area contributed by atoms with Crippen LogP contribution in [0.15, 0.2) is 36.4 Å². The number of allylic oxidation sites excluding steroid dienone is 2. The smallest absolute Gasteiger partial charge is 0.233 e. The highest BCUT2D eigenvalue weighted by atomic mass is 16.2. The first kappa shape index (κ1) is 12.2. The molecule has 2 atom stereocenters. The van der Waals surface area contributed by atoms with Gasteiger partial charge >= 0.3 is 0 Å². The van der Waals surface area contributed by atoms with E-state index in [0.29, 0.717) is 19.4 Å². The highest BCUT2D eigenvalue weighted by Crippen LogP contribution is 2.35. The van der Waals surface area contributed by atoms with Gasteiger partial charge in [-0.1, -0.05) is 42.0 Å². The number of imide groups is 1. The molecule has 2 amide bonds. The number of benzene rings is 1. The first-order valence-electron chi connectivity index (χ1n) is 6.72. The summed E-state index contributed by atoms with van der Waals surface area (Å²) in [7, 11) is 0. The van der Waals surface area contributed by atoms with Gasteiger partial charge in [-0.25, -0.2) is 0 Å². The van der Waals surface area contributed by atoms with E-state index < -0.39 is 0 Å². The fourth-order valence-corrected chi connectivity index (χ4v) is 3.02. The Morgan fingerprint density at radius 3 is 2.32 bits per heavy atom. The molecule has 98 valence electrons. The van der Waals surface area contributed by atoms with Crippen molar-refractivity contribution in [1.82, 2.24) is 4.90 Å². The molecular formula is C16H17NO2. The van der Waals surface area contributed by atoms with Gasteiger partial charge in [0, 0.05) is 0 Å². The van der Waals surface area contributed by atoms with Crippen molar-refractivity contribution in [3.63, 3.8) is 0 Å². The Morgan fingerprint density at radius 1 is 1.11 bits per heavy atom. The molecule has 3 rings (SSSR count). The molecule has 0 saturated carbocycles. The standard InChI is InChI=1S/C16H17NO2/c1-11-5-4-6-12(9-11)10-17-15(18)13-7-2-3-8-14(13)16(17)19/h2-6,9,13-14H,7-8,10H2,1H3/t13-,14+. The van der Waals surface area contributed by atoms with E-state index in [-0.39, 0.29) is 23.7 Å². The Morgan fingerprint density at radius 2 is 1.74 bits per heavy atom. The molecule has 0 unspecified atom stereocenters. The average molecular weight is 255 g/mol. The third-order valence-electron chi connectivity index (χ3n) is 4.02. The Hall–Kier alpha value is -1.90. The summed E-state index contributed by atoms with van der Waals surface area (Å²) >= 11 is 0. The van der Waals surface area contributed by atoms with Gasteiger partial charge in [0.2, 0.25) is 11.8 Å². The summed E-state index contributed by atoms with van der Waals surface area (Å²) in [5.74, 6) is -0.244. The van der Waals surface area contributed by atoms with E-state index in [1.165, 1.54) is 4.90 Å². The van der Waals surface area contributed by atoms with Crippen molar-refractivity contribution < 1.29 is 9.59 Å². The largest absolute Gasteiger partial charge is 0.278 e. The molecule has 1 aromatic rings. The van der Waals surface area contributed by atoms with Gasteiger partial charge in [0.25, 0.3) is 0 Å². The van der Waals surface area contributed by atoms with Gasteiger partial charge in [0.15, 0.2) is 0 Å². The molecule has 3 nitrogen and oxygen atoms in total. The van der Waals surface area contributed by atoms with Crippen LogP contribution in [0, 0.1) is 18.8 Å². The van der Waals surface area contributed by atoms with Crippen LogP contribution in [-0.4, -0.2) is 16.7 Å². The summed E-state index contributed by atoms with van der Waals surface area (Å²) < 4.78 is 0. The molecule has 1 aromatic carbocycles. The van der Waals surface area contributed by atoms with Crippen molar-refractivity contribution >= 4 is 11.8 Å². The van der Waals surface area contributed by atoms with Gasteiger partial charge in [0.05, 0.1) is 18.4 Å². The molecule has 1 aliphatic carbocycles. The number of rotatable bonds is 2. The van der Waals surface area contributed by atoms with Gasteiger partial charge in [-0.2, -0.15) is 0 Å². The van der Waals surface area contributed by atoms with E-state index in [1.807, 2.05) is 43.3 Å². The fourth-order valence-electron chi connectivity index (χ4n) is 3.02. The summed E-state index contributed by atoms with van der Waals surface area (Å²) in [6, 6.07) is 7.97. The first-order valence-corrected chi connectivity index (χ1v) is 6.72. The summed E-state index contributed by atoms with van der Waals surface area (Å²) in [4.78, 5) is 26.1. The van der Waals surface area contributed by atoms with Crippen molar-refractivity contribution in [3.8, 4) is 0 Å². The number of carbonyl (C=O) groups excluding carboxylic acids is 2. The number of nitrogens with zero attached hydrogens (tertiary/aromatic N) is 1. The SMILES string of the molecule is Cc1cccc(CN2C(=O)[C@H]3CC=CC[C@H]3C2=O)c1.